The topological polar surface area (TPSA) is 9.23 Å². The SMILES string of the molecule is COCC(C)[C@@H]1C(Br)=CC=CC1C1CCC(F)(F)CC1. The molecule has 0 N–H and O–H groups in total. The van der Waals surface area contributed by atoms with Crippen molar-refractivity contribution in [1.82, 2.24) is 0 Å². The van der Waals surface area contributed by atoms with Gasteiger partial charge in [-0.2, -0.15) is 0 Å². The highest BCUT2D eigenvalue weighted by Gasteiger charge is 2.41. The number of methoxy groups -OCH3 is 1. The van der Waals surface area contributed by atoms with Crippen LogP contribution >= 0.6 is 15.9 Å². The molecule has 1 saturated carbocycles. The molecule has 0 saturated heterocycles. The molecule has 2 unspecified atom stereocenters. The van der Waals surface area contributed by atoms with Gasteiger partial charge in [-0.1, -0.05) is 41.1 Å². The minimum Gasteiger partial charge on any atom is -0.384 e. The molecule has 0 heterocycles. The Balaban J connectivity index is 2.08. The zero-order valence-corrected chi connectivity index (χ0v) is 13.7. The fraction of sp³-hybridized carbons (Fsp3) is 0.750. The van der Waals surface area contributed by atoms with Crippen molar-refractivity contribution in [2.45, 2.75) is 38.5 Å². The van der Waals surface area contributed by atoms with E-state index in [0.29, 0.717) is 43.1 Å². The second-order valence-corrected chi connectivity index (χ2v) is 7.08. The lowest BCUT2D eigenvalue weighted by Crippen LogP contribution is -2.35. The van der Waals surface area contributed by atoms with Gasteiger partial charge in [-0.05, 0) is 35.1 Å². The standard InChI is InChI=1S/C16H23BrF2O/c1-11(10-20-2)15-13(4-3-5-14(15)17)12-6-8-16(18,19)9-7-12/h3-5,11-13,15H,6-10H2,1-2H3/t11?,13?,15-/m0/s1. The third kappa shape index (κ3) is 3.70. The summed E-state index contributed by atoms with van der Waals surface area (Å²) in [6.07, 6.45) is 7.65. The second-order valence-electron chi connectivity index (χ2n) is 6.17. The summed E-state index contributed by atoms with van der Waals surface area (Å²) in [5.74, 6) is -1.03. The van der Waals surface area contributed by atoms with E-state index in [1.54, 1.807) is 7.11 Å². The van der Waals surface area contributed by atoms with Gasteiger partial charge in [0.15, 0.2) is 0 Å². The van der Waals surface area contributed by atoms with Gasteiger partial charge in [0.2, 0.25) is 5.92 Å². The molecule has 0 bridgehead atoms. The van der Waals surface area contributed by atoms with E-state index in [1.807, 2.05) is 0 Å². The lowest BCUT2D eigenvalue weighted by molar-refractivity contribution is -0.0535. The molecular weight excluding hydrogens is 326 g/mol. The number of rotatable bonds is 4. The molecule has 4 heteroatoms. The summed E-state index contributed by atoms with van der Waals surface area (Å²) in [5, 5.41) is 0. The Labute approximate surface area is 128 Å². The highest BCUT2D eigenvalue weighted by molar-refractivity contribution is 9.11. The van der Waals surface area contributed by atoms with Crippen molar-refractivity contribution < 1.29 is 13.5 Å². The number of hydrogen-bond donors (Lipinski definition) is 0. The van der Waals surface area contributed by atoms with Crippen molar-refractivity contribution in [2.24, 2.45) is 23.7 Å². The summed E-state index contributed by atoms with van der Waals surface area (Å²) < 4.78 is 33.1. The van der Waals surface area contributed by atoms with Crippen LogP contribution in [0, 0.1) is 23.7 Å². The Kier molecular flexibility index (Phi) is 5.41. The molecule has 3 atom stereocenters. The van der Waals surface area contributed by atoms with Crippen LogP contribution in [0.2, 0.25) is 0 Å². The first kappa shape index (κ1) is 16.2. The van der Waals surface area contributed by atoms with E-state index in [1.165, 1.54) is 4.48 Å². The number of halogens is 3. The molecule has 1 nitrogen and oxygen atoms in total. The van der Waals surface area contributed by atoms with Crippen molar-refractivity contribution in [1.29, 1.82) is 0 Å². The van der Waals surface area contributed by atoms with Gasteiger partial charge < -0.3 is 4.74 Å². The van der Waals surface area contributed by atoms with E-state index in [2.05, 4.69) is 41.1 Å². The van der Waals surface area contributed by atoms with Crippen LogP contribution < -0.4 is 0 Å². The molecule has 2 rings (SSSR count). The molecule has 0 aromatic rings. The van der Waals surface area contributed by atoms with Crippen LogP contribution in [0.15, 0.2) is 22.7 Å². The molecular formula is C16H23BrF2O. The Morgan fingerprint density at radius 3 is 2.65 bits per heavy atom. The summed E-state index contributed by atoms with van der Waals surface area (Å²) in [6.45, 7) is 2.87. The van der Waals surface area contributed by atoms with Crippen LogP contribution in [0.1, 0.15) is 32.6 Å². The van der Waals surface area contributed by atoms with Crippen LogP contribution in [-0.2, 0) is 4.74 Å². The van der Waals surface area contributed by atoms with Crippen molar-refractivity contribution in [2.75, 3.05) is 13.7 Å². The van der Waals surface area contributed by atoms with Gasteiger partial charge in [-0.15, -0.1) is 0 Å². The highest BCUT2D eigenvalue weighted by Crippen LogP contribution is 2.46. The summed E-state index contributed by atoms with van der Waals surface area (Å²) in [5.41, 5.74) is 0. The average molecular weight is 349 g/mol. The van der Waals surface area contributed by atoms with E-state index < -0.39 is 5.92 Å². The second kappa shape index (κ2) is 6.69. The zero-order chi connectivity index (χ0) is 14.8. The van der Waals surface area contributed by atoms with Crippen molar-refractivity contribution in [3.63, 3.8) is 0 Å². The van der Waals surface area contributed by atoms with Gasteiger partial charge in [0.1, 0.15) is 0 Å². The van der Waals surface area contributed by atoms with Gasteiger partial charge >= 0.3 is 0 Å². The zero-order valence-electron chi connectivity index (χ0n) is 12.1. The minimum atomic E-state index is -2.45. The Morgan fingerprint density at radius 1 is 1.40 bits per heavy atom. The van der Waals surface area contributed by atoms with Crippen molar-refractivity contribution >= 4 is 15.9 Å². The predicted octanol–water partition coefficient (Wildman–Crippen LogP) is 5.18. The van der Waals surface area contributed by atoms with Crippen LogP contribution in [-0.4, -0.2) is 19.6 Å². The molecule has 2 aliphatic rings. The van der Waals surface area contributed by atoms with Crippen LogP contribution in [0.5, 0.6) is 0 Å². The molecule has 0 amide bonds. The molecule has 0 aromatic carbocycles. The molecule has 20 heavy (non-hydrogen) atoms. The van der Waals surface area contributed by atoms with E-state index in [9.17, 15) is 8.78 Å². The summed E-state index contributed by atoms with van der Waals surface area (Å²) in [7, 11) is 1.71. The largest absolute Gasteiger partial charge is 0.384 e. The van der Waals surface area contributed by atoms with E-state index in [-0.39, 0.29) is 12.8 Å². The summed E-state index contributed by atoms with van der Waals surface area (Å²) in [4.78, 5) is 0. The molecule has 1 fully saturated rings. The van der Waals surface area contributed by atoms with Crippen LogP contribution in [0.4, 0.5) is 8.78 Å². The number of alkyl halides is 2. The minimum absolute atomic E-state index is 0.0364. The van der Waals surface area contributed by atoms with Gasteiger partial charge in [0, 0.05) is 32.5 Å². The monoisotopic (exact) mass is 348 g/mol. The number of ether oxygens (including phenoxy) is 1. The van der Waals surface area contributed by atoms with Crippen LogP contribution in [0.3, 0.4) is 0 Å². The average Bonchev–Trinajstić information content (AvgIpc) is 2.38. The van der Waals surface area contributed by atoms with Crippen molar-refractivity contribution in [3.05, 3.63) is 22.7 Å². The lowest BCUT2D eigenvalue weighted by atomic mass is 9.68. The van der Waals surface area contributed by atoms with Gasteiger partial charge in [0.05, 0.1) is 0 Å². The Hall–Kier alpha value is -0.220. The Bertz CT molecular complexity index is 382. The van der Waals surface area contributed by atoms with Gasteiger partial charge in [-0.3, -0.25) is 0 Å². The molecule has 0 aromatic heterocycles. The molecule has 114 valence electrons. The van der Waals surface area contributed by atoms with Crippen molar-refractivity contribution in [3.8, 4) is 0 Å². The number of allylic oxidation sites excluding steroid dienone is 4. The molecule has 0 radical (unpaired) electrons. The van der Waals surface area contributed by atoms with Gasteiger partial charge in [0.25, 0.3) is 0 Å². The quantitative estimate of drug-likeness (QED) is 0.680. The lowest BCUT2D eigenvalue weighted by Gasteiger charge is -2.40. The fourth-order valence-corrected chi connectivity index (χ4v) is 4.51. The van der Waals surface area contributed by atoms with E-state index in [0.717, 1.165) is 0 Å². The first-order valence-electron chi connectivity index (χ1n) is 7.35. The third-order valence-electron chi connectivity index (χ3n) is 4.67. The summed E-state index contributed by atoms with van der Waals surface area (Å²) >= 11 is 3.66. The Morgan fingerprint density at radius 2 is 2.05 bits per heavy atom. The third-order valence-corrected chi connectivity index (χ3v) is 5.46. The smallest absolute Gasteiger partial charge is 0.248 e. The summed E-state index contributed by atoms with van der Waals surface area (Å²) in [6, 6.07) is 0. The maximum atomic E-state index is 13.3. The highest BCUT2D eigenvalue weighted by atomic mass is 79.9. The predicted molar refractivity (Wildman–Crippen MR) is 81.1 cm³/mol. The molecule has 0 aliphatic heterocycles. The van der Waals surface area contributed by atoms with Crippen LogP contribution in [0.25, 0.3) is 0 Å². The first-order chi connectivity index (χ1) is 9.44. The maximum Gasteiger partial charge on any atom is 0.248 e. The van der Waals surface area contributed by atoms with E-state index in [4.69, 9.17) is 4.74 Å². The maximum absolute atomic E-state index is 13.3. The normalized spacial score (nSPS) is 31.9. The van der Waals surface area contributed by atoms with Gasteiger partial charge in [-0.25, -0.2) is 8.78 Å². The fourth-order valence-electron chi connectivity index (χ4n) is 3.61. The van der Waals surface area contributed by atoms with E-state index >= 15 is 0 Å². The molecule has 2 aliphatic carbocycles. The number of hydrogen-bond acceptors (Lipinski definition) is 1. The first-order valence-corrected chi connectivity index (χ1v) is 8.14. The molecule has 0 spiro atoms.